The van der Waals surface area contributed by atoms with Crippen LogP contribution in [0.5, 0.6) is 5.75 Å². The molecule has 4 rings (SSSR count). The Morgan fingerprint density at radius 3 is 2.48 bits per heavy atom. The largest absolute Gasteiger partial charge is 0.573 e. The number of hydrogen-bond donors (Lipinski definition) is 1. The molecule has 0 spiro atoms. The summed E-state index contributed by atoms with van der Waals surface area (Å²) in [5, 5.41) is 7.02. The molecule has 0 radical (unpaired) electrons. The number of likely N-dealkylation sites (tertiary alicyclic amines) is 1. The summed E-state index contributed by atoms with van der Waals surface area (Å²) in [6.45, 7) is 3.12. The van der Waals surface area contributed by atoms with Crippen molar-refractivity contribution in [3.05, 3.63) is 54.1 Å². The second kappa shape index (κ2) is 8.84. The number of ether oxygens (including phenoxy) is 1. The number of H-pyrrole nitrogens is 1. The van der Waals surface area contributed by atoms with Gasteiger partial charge < -0.3 is 4.74 Å². The van der Waals surface area contributed by atoms with E-state index in [1.807, 2.05) is 12.1 Å². The first-order chi connectivity index (χ1) is 13.5. The number of nitrogens with zero attached hydrogens (tertiary/aromatic N) is 3. The highest BCUT2D eigenvalue weighted by Crippen LogP contribution is 2.27. The average Bonchev–Trinajstić information content (AvgIpc) is 3.33. The number of aromatic nitrogens is 3. The Morgan fingerprint density at radius 2 is 1.72 bits per heavy atom. The van der Waals surface area contributed by atoms with Crippen LogP contribution in [0.2, 0.25) is 0 Å². The van der Waals surface area contributed by atoms with Gasteiger partial charge in [0.15, 0.2) is 11.6 Å². The Morgan fingerprint density at radius 1 is 1.00 bits per heavy atom. The van der Waals surface area contributed by atoms with Gasteiger partial charge in [-0.25, -0.2) is 4.98 Å². The number of halogens is 4. The van der Waals surface area contributed by atoms with Crippen LogP contribution < -0.4 is 4.74 Å². The zero-order chi connectivity index (χ0) is 19.6. The molecule has 1 fully saturated rings. The minimum Gasteiger partial charge on any atom is -0.406 e. The molecule has 2 heterocycles. The quantitative estimate of drug-likeness (QED) is 0.622. The minimum atomic E-state index is -4.74. The molecule has 0 saturated carbocycles. The van der Waals surface area contributed by atoms with Crippen LogP contribution >= 0.6 is 12.4 Å². The fourth-order valence-corrected chi connectivity index (χ4v) is 3.37. The van der Waals surface area contributed by atoms with Crippen molar-refractivity contribution in [2.24, 2.45) is 0 Å². The van der Waals surface area contributed by atoms with Crippen LogP contribution in [0.25, 0.3) is 22.8 Å². The Balaban J connectivity index is 0.00000240. The van der Waals surface area contributed by atoms with Crippen LogP contribution in [0.4, 0.5) is 13.2 Å². The van der Waals surface area contributed by atoms with Gasteiger partial charge in [-0.1, -0.05) is 30.3 Å². The van der Waals surface area contributed by atoms with Crippen LogP contribution in [-0.4, -0.2) is 39.5 Å². The monoisotopic (exact) mass is 424 g/mol. The summed E-state index contributed by atoms with van der Waals surface area (Å²) in [5.41, 5.74) is 2.52. The summed E-state index contributed by atoms with van der Waals surface area (Å²) in [5.74, 6) is 0.587. The molecule has 2 aromatic carbocycles. The van der Waals surface area contributed by atoms with E-state index in [9.17, 15) is 13.2 Å². The van der Waals surface area contributed by atoms with E-state index in [0.29, 0.717) is 17.2 Å². The lowest BCUT2D eigenvalue weighted by molar-refractivity contribution is -0.274. The zero-order valence-electron chi connectivity index (χ0n) is 15.4. The van der Waals surface area contributed by atoms with Gasteiger partial charge in [-0.2, -0.15) is 5.10 Å². The standard InChI is InChI=1S/C20H19F3N4O.ClH/c21-20(22,23)28-17-8-4-7-16(12-17)19-24-18(25-26-19)15-6-3-5-14(11-15)13-27-9-1-2-10-27;/h3-8,11-12H,1-2,9-10,13H2,(H,24,25,26);1H. The van der Waals surface area contributed by atoms with E-state index in [4.69, 9.17) is 0 Å². The number of hydrogen-bond acceptors (Lipinski definition) is 4. The van der Waals surface area contributed by atoms with Crippen molar-refractivity contribution in [1.29, 1.82) is 0 Å². The molecule has 9 heteroatoms. The van der Waals surface area contributed by atoms with Crippen LogP contribution in [-0.2, 0) is 6.54 Å². The van der Waals surface area contributed by atoms with Gasteiger partial charge in [0.25, 0.3) is 0 Å². The molecule has 0 bridgehead atoms. The topological polar surface area (TPSA) is 54.0 Å². The Labute approximate surface area is 172 Å². The molecule has 1 N–H and O–H groups in total. The fraction of sp³-hybridized carbons (Fsp3) is 0.300. The summed E-state index contributed by atoms with van der Waals surface area (Å²) >= 11 is 0. The van der Waals surface area contributed by atoms with Crippen molar-refractivity contribution in [3.63, 3.8) is 0 Å². The second-order valence-corrected chi connectivity index (χ2v) is 6.77. The van der Waals surface area contributed by atoms with Gasteiger partial charge in [0, 0.05) is 17.7 Å². The van der Waals surface area contributed by atoms with Crippen molar-refractivity contribution in [2.45, 2.75) is 25.7 Å². The normalized spacial score (nSPS) is 14.6. The predicted molar refractivity (Wildman–Crippen MR) is 106 cm³/mol. The van der Waals surface area contributed by atoms with Gasteiger partial charge >= 0.3 is 6.36 Å². The molecule has 1 aliphatic heterocycles. The van der Waals surface area contributed by atoms with E-state index >= 15 is 0 Å². The maximum Gasteiger partial charge on any atom is 0.573 e. The molecule has 3 aromatic rings. The third-order valence-corrected chi connectivity index (χ3v) is 4.62. The number of nitrogens with one attached hydrogen (secondary N) is 1. The molecule has 0 aliphatic carbocycles. The summed E-state index contributed by atoms with van der Waals surface area (Å²) in [4.78, 5) is 6.86. The van der Waals surface area contributed by atoms with E-state index in [1.54, 1.807) is 6.07 Å². The molecular weight excluding hydrogens is 405 g/mol. The van der Waals surface area contributed by atoms with Crippen molar-refractivity contribution in [1.82, 2.24) is 20.1 Å². The molecule has 29 heavy (non-hydrogen) atoms. The van der Waals surface area contributed by atoms with Gasteiger partial charge in [-0.15, -0.1) is 25.6 Å². The van der Waals surface area contributed by atoms with Crippen molar-refractivity contribution in [3.8, 4) is 28.5 Å². The third-order valence-electron chi connectivity index (χ3n) is 4.62. The van der Waals surface area contributed by atoms with Crippen molar-refractivity contribution < 1.29 is 17.9 Å². The third kappa shape index (κ3) is 5.48. The first-order valence-electron chi connectivity index (χ1n) is 9.06. The zero-order valence-corrected chi connectivity index (χ0v) is 16.3. The first kappa shape index (κ1) is 21.1. The molecule has 1 aromatic heterocycles. The molecule has 1 saturated heterocycles. The Bertz CT molecular complexity index is 955. The Hall–Kier alpha value is -2.58. The molecule has 154 valence electrons. The molecule has 0 atom stereocenters. The average molecular weight is 425 g/mol. The van der Waals surface area contributed by atoms with Crippen LogP contribution in [0, 0.1) is 0 Å². The van der Waals surface area contributed by atoms with Gasteiger partial charge in [0.1, 0.15) is 5.75 Å². The van der Waals surface area contributed by atoms with Crippen LogP contribution in [0.3, 0.4) is 0 Å². The molecule has 0 amide bonds. The van der Waals surface area contributed by atoms with Crippen molar-refractivity contribution in [2.75, 3.05) is 13.1 Å². The lowest BCUT2D eigenvalue weighted by Crippen LogP contribution is -2.18. The highest BCUT2D eigenvalue weighted by Gasteiger charge is 2.31. The van der Waals surface area contributed by atoms with E-state index < -0.39 is 6.36 Å². The molecule has 5 nitrogen and oxygen atoms in total. The fourth-order valence-electron chi connectivity index (χ4n) is 3.37. The molecular formula is C20H20ClF3N4O. The van der Waals surface area contributed by atoms with Gasteiger partial charge in [-0.3, -0.25) is 10.00 Å². The molecule has 1 aliphatic rings. The summed E-state index contributed by atoms with van der Waals surface area (Å²) < 4.78 is 41.2. The van der Waals surface area contributed by atoms with E-state index in [-0.39, 0.29) is 18.2 Å². The highest BCUT2D eigenvalue weighted by molar-refractivity contribution is 5.85. The maximum atomic E-state index is 12.4. The number of alkyl halides is 3. The van der Waals surface area contributed by atoms with Gasteiger partial charge in [-0.05, 0) is 49.7 Å². The van der Waals surface area contributed by atoms with Crippen LogP contribution in [0.15, 0.2) is 48.5 Å². The maximum absolute atomic E-state index is 12.4. The molecule has 0 unspecified atom stereocenters. The smallest absolute Gasteiger partial charge is 0.406 e. The highest BCUT2D eigenvalue weighted by atomic mass is 35.5. The van der Waals surface area contributed by atoms with Gasteiger partial charge in [0.2, 0.25) is 0 Å². The van der Waals surface area contributed by atoms with Gasteiger partial charge in [0.05, 0.1) is 0 Å². The van der Waals surface area contributed by atoms with Crippen molar-refractivity contribution >= 4 is 12.4 Å². The summed E-state index contributed by atoms with van der Waals surface area (Å²) in [6.07, 6.45) is -2.26. The van der Waals surface area contributed by atoms with E-state index in [1.165, 1.54) is 36.6 Å². The first-order valence-corrected chi connectivity index (χ1v) is 9.06. The summed E-state index contributed by atoms with van der Waals surface area (Å²) in [6, 6.07) is 13.7. The lowest BCUT2D eigenvalue weighted by atomic mass is 10.1. The number of benzene rings is 2. The Kier molecular flexibility index (Phi) is 6.44. The number of aromatic amines is 1. The van der Waals surface area contributed by atoms with E-state index in [2.05, 4.69) is 37.0 Å². The number of rotatable bonds is 5. The SMILES string of the molecule is Cl.FC(F)(F)Oc1cccc(-c2nc(-c3cccc(CN4CCCC4)c3)n[nH]2)c1. The summed E-state index contributed by atoms with van der Waals surface area (Å²) in [7, 11) is 0. The minimum absolute atomic E-state index is 0. The van der Waals surface area contributed by atoms with Crippen LogP contribution in [0.1, 0.15) is 18.4 Å². The second-order valence-electron chi connectivity index (χ2n) is 6.77. The lowest BCUT2D eigenvalue weighted by Gasteiger charge is -2.14. The predicted octanol–water partition coefficient (Wildman–Crippen LogP) is 5.05. The van der Waals surface area contributed by atoms with E-state index in [0.717, 1.165) is 25.2 Å².